The second-order valence-electron chi connectivity index (χ2n) is 4.38. The van der Waals surface area contributed by atoms with Crippen molar-refractivity contribution in [1.82, 2.24) is 0 Å². The highest BCUT2D eigenvalue weighted by Gasteiger charge is 2.12. The molecule has 0 unspecified atom stereocenters. The number of rotatable bonds is 5. The molecule has 0 saturated carbocycles. The van der Waals surface area contributed by atoms with E-state index in [1.165, 1.54) is 24.3 Å². The topological polar surface area (TPSA) is 72.5 Å². The van der Waals surface area contributed by atoms with E-state index in [9.17, 15) is 13.6 Å². The quantitative estimate of drug-likeness (QED) is 0.889. The third kappa shape index (κ3) is 3.55. The molecule has 3 N–H and O–H groups in total. The van der Waals surface area contributed by atoms with Crippen LogP contribution in [-0.2, 0) is 13.2 Å². The highest BCUT2D eigenvalue weighted by molar-refractivity contribution is 5.87. The van der Waals surface area contributed by atoms with Gasteiger partial charge < -0.3 is 15.6 Å². The summed E-state index contributed by atoms with van der Waals surface area (Å²) >= 11 is 0. The fourth-order valence-electron chi connectivity index (χ4n) is 1.77. The number of ether oxygens (including phenoxy) is 1. The molecule has 0 radical (unpaired) electrons. The number of aromatic carboxylic acids is 1. The summed E-state index contributed by atoms with van der Waals surface area (Å²) in [6.07, 6.45) is 0. The van der Waals surface area contributed by atoms with Gasteiger partial charge in [0.25, 0.3) is 0 Å². The fourth-order valence-corrected chi connectivity index (χ4v) is 1.77. The van der Waals surface area contributed by atoms with E-state index < -0.39 is 23.4 Å². The Kier molecular flexibility index (Phi) is 4.49. The Bertz CT molecular complexity index is 633. The molecule has 0 heterocycles. The van der Waals surface area contributed by atoms with Gasteiger partial charge in [-0.25, -0.2) is 13.6 Å². The van der Waals surface area contributed by atoms with Crippen molar-refractivity contribution >= 4 is 5.97 Å². The standard InChI is InChI=1S/C15H13F2NO3/c16-12-5-10(7-18)6-13(17)14(12)21-8-9-1-3-11(4-2-9)15(19)20/h1-6H,7-8,18H2,(H,19,20). The van der Waals surface area contributed by atoms with Gasteiger partial charge in [0.15, 0.2) is 17.4 Å². The van der Waals surface area contributed by atoms with Gasteiger partial charge in [-0.15, -0.1) is 0 Å². The zero-order valence-electron chi connectivity index (χ0n) is 11.0. The smallest absolute Gasteiger partial charge is 0.335 e. The van der Waals surface area contributed by atoms with Crippen LogP contribution in [0.25, 0.3) is 0 Å². The average molecular weight is 293 g/mol. The third-order valence-corrected chi connectivity index (χ3v) is 2.88. The van der Waals surface area contributed by atoms with Crippen LogP contribution in [0.4, 0.5) is 8.78 Å². The minimum atomic E-state index is -1.04. The second kappa shape index (κ2) is 6.32. The highest BCUT2D eigenvalue weighted by atomic mass is 19.1. The molecule has 0 aromatic heterocycles. The van der Waals surface area contributed by atoms with E-state index in [4.69, 9.17) is 15.6 Å². The maximum absolute atomic E-state index is 13.7. The summed E-state index contributed by atoms with van der Waals surface area (Å²) in [5.41, 5.74) is 6.38. The van der Waals surface area contributed by atoms with Crippen LogP contribution < -0.4 is 10.5 Å². The second-order valence-corrected chi connectivity index (χ2v) is 4.38. The van der Waals surface area contributed by atoms with Crippen LogP contribution >= 0.6 is 0 Å². The van der Waals surface area contributed by atoms with Crippen molar-refractivity contribution in [3.63, 3.8) is 0 Å². The van der Waals surface area contributed by atoms with Crippen molar-refractivity contribution in [2.45, 2.75) is 13.2 Å². The summed E-state index contributed by atoms with van der Waals surface area (Å²) in [7, 11) is 0. The normalized spacial score (nSPS) is 10.4. The van der Waals surface area contributed by atoms with E-state index in [-0.39, 0.29) is 18.7 Å². The number of carboxylic acid groups (broad SMARTS) is 1. The number of hydrogen-bond acceptors (Lipinski definition) is 3. The molecular formula is C15H13F2NO3. The minimum Gasteiger partial charge on any atom is -0.483 e. The van der Waals surface area contributed by atoms with Crippen LogP contribution in [0.3, 0.4) is 0 Å². The first kappa shape index (κ1) is 14.9. The first-order valence-corrected chi connectivity index (χ1v) is 6.14. The summed E-state index contributed by atoms with van der Waals surface area (Å²) < 4.78 is 32.5. The minimum absolute atomic E-state index is 0.0325. The van der Waals surface area contributed by atoms with Crippen molar-refractivity contribution in [3.8, 4) is 5.75 Å². The summed E-state index contributed by atoms with van der Waals surface area (Å²) in [5, 5.41) is 8.77. The zero-order chi connectivity index (χ0) is 15.4. The van der Waals surface area contributed by atoms with Crippen LogP contribution in [0.1, 0.15) is 21.5 Å². The number of halogens is 2. The lowest BCUT2D eigenvalue weighted by atomic mass is 10.1. The van der Waals surface area contributed by atoms with Crippen molar-refractivity contribution in [2.75, 3.05) is 0 Å². The molecule has 0 aliphatic rings. The number of carbonyl (C=O) groups is 1. The molecule has 0 aliphatic heterocycles. The van der Waals surface area contributed by atoms with Crippen molar-refractivity contribution in [3.05, 3.63) is 64.7 Å². The average Bonchev–Trinajstić information content (AvgIpc) is 2.46. The number of carboxylic acids is 1. The molecule has 0 atom stereocenters. The van der Waals surface area contributed by atoms with Gasteiger partial charge in [-0.1, -0.05) is 12.1 Å². The Morgan fingerprint density at radius 1 is 1.10 bits per heavy atom. The molecule has 0 fully saturated rings. The van der Waals surface area contributed by atoms with Gasteiger partial charge in [-0.2, -0.15) is 0 Å². The summed E-state index contributed by atoms with van der Waals surface area (Å²) in [4.78, 5) is 10.7. The lowest BCUT2D eigenvalue weighted by Gasteiger charge is -2.10. The van der Waals surface area contributed by atoms with E-state index in [1.807, 2.05) is 0 Å². The zero-order valence-corrected chi connectivity index (χ0v) is 11.0. The molecule has 0 spiro atoms. The molecule has 0 bridgehead atoms. The Morgan fingerprint density at radius 2 is 1.67 bits per heavy atom. The van der Waals surface area contributed by atoms with E-state index in [1.54, 1.807) is 0 Å². The monoisotopic (exact) mass is 293 g/mol. The predicted molar refractivity (Wildman–Crippen MR) is 72.0 cm³/mol. The Hall–Kier alpha value is -2.47. The van der Waals surface area contributed by atoms with E-state index in [0.29, 0.717) is 11.1 Å². The summed E-state index contributed by atoms with van der Waals surface area (Å²) in [6.45, 7) is -0.0412. The van der Waals surface area contributed by atoms with Gasteiger partial charge in [0, 0.05) is 6.54 Å². The van der Waals surface area contributed by atoms with Crippen LogP contribution in [0.15, 0.2) is 36.4 Å². The van der Waals surface area contributed by atoms with Crippen LogP contribution in [0.5, 0.6) is 5.75 Å². The van der Waals surface area contributed by atoms with E-state index >= 15 is 0 Å². The van der Waals surface area contributed by atoms with Gasteiger partial charge in [0.1, 0.15) is 6.61 Å². The first-order chi connectivity index (χ1) is 10.0. The van der Waals surface area contributed by atoms with Crippen LogP contribution in [0, 0.1) is 11.6 Å². The number of benzene rings is 2. The molecule has 21 heavy (non-hydrogen) atoms. The predicted octanol–water partition coefficient (Wildman–Crippen LogP) is 2.70. The SMILES string of the molecule is NCc1cc(F)c(OCc2ccc(C(=O)O)cc2)c(F)c1. The Balaban J connectivity index is 2.11. The fraction of sp³-hybridized carbons (Fsp3) is 0.133. The van der Waals surface area contributed by atoms with Gasteiger partial charge >= 0.3 is 5.97 Å². The maximum atomic E-state index is 13.7. The molecule has 4 nitrogen and oxygen atoms in total. The molecule has 0 saturated heterocycles. The van der Waals surface area contributed by atoms with Crippen molar-refractivity contribution in [2.24, 2.45) is 5.73 Å². The molecule has 2 rings (SSSR count). The Morgan fingerprint density at radius 3 is 2.14 bits per heavy atom. The van der Waals surface area contributed by atoms with Gasteiger partial charge in [0.2, 0.25) is 0 Å². The molecule has 110 valence electrons. The molecule has 2 aromatic carbocycles. The van der Waals surface area contributed by atoms with Crippen LogP contribution in [-0.4, -0.2) is 11.1 Å². The van der Waals surface area contributed by atoms with E-state index in [2.05, 4.69) is 0 Å². The number of hydrogen-bond donors (Lipinski definition) is 2. The van der Waals surface area contributed by atoms with Gasteiger partial charge in [-0.05, 0) is 35.4 Å². The number of nitrogens with two attached hydrogens (primary N) is 1. The highest BCUT2D eigenvalue weighted by Crippen LogP contribution is 2.24. The third-order valence-electron chi connectivity index (χ3n) is 2.88. The van der Waals surface area contributed by atoms with Gasteiger partial charge in [0.05, 0.1) is 5.56 Å². The molecule has 6 heteroatoms. The van der Waals surface area contributed by atoms with Crippen molar-refractivity contribution in [1.29, 1.82) is 0 Å². The maximum Gasteiger partial charge on any atom is 0.335 e. The summed E-state index contributed by atoms with van der Waals surface area (Å²) in [6, 6.07) is 8.06. The lowest BCUT2D eigenvalue weighted by molar-refractivity contribution is 0.0697. The molecular weight excluding hydrogens is 280 g/mol. The lowest BCUT2D eigenvalue weighted by Crippen LogP contribution is -2.04. The van der Waals surface area contributed by atoms with Crippen LogP contribution in [0.2, 0.25) is 0 Å². The van der Waals surface area contributed by atoms with Crippen molar-refractivity contribution < 1.29 is 23.4 Å². The Labute approximate surface area is 119 Å². The summed E-state index contributed by atoms with van der Waals surface area (Å²) in [5.74, 6) is -3.17. The van der Waals surface area contributed by atoms with E-state index in [0.717, 1.165) is 12.1 Å². The largest absolute Gasteiger partial charge is 0.483 e. The molecule has 0 aliphatic carbocycles. The molecule has 2 aromatic rings. The first-order valence-electron chi connectivity index (χ1n) is 6.14. The molecule has 0 amide bonds. The van der Waals surface area contributed by atoms with Gasteiger partial charge in [-0.3, -0.25) is 0 Å².